The lowest BCUT2D eigenvalue weighted by atomic mass is 10.2. The van der Waals surface area contributed by atoms with Gasteiger partial charge in [-0.2, -0.15) is 0 Å². The molecule has 0 spiro atoms. The van der Waals surface area contributed by atoms with E-state index in [0.717, 1.165) is 12.2 Å². The Bertz CT molecular complexity index is 229. The molecule has 1 saturated heterocycles. The first-order valence-corrected chi connectivity index (χ1v) is 5.74. The van der Waals surface area contributed by atoms with Gasteiger partial charge >= 0.3 is 11.9 Å². The lowest BCUT2D eigenvalue weighted by Crippen LogP contribution is -2.31. The maximum absolute atomic E-state index is 11.1. The number of carboxylic acids is 1. The van der Waals surface area contributed by atoms with Crippen molar-refractivity contribution in [2.45, 2.75) is 37.5 Å². The Morgan fingerprint density at radius 1 is 1.57 bits per heavy atom. The van der Waals surface area contributed by atoms with E-state index in [0.29, 0.717) is 12.8 Å². The Kier molecular flexibility index (Phi) is 4.25. The second-order valence-electron chi connectivity index (χ2n) is 3.20. The Labute approximate surface area is 87.0 Å². The van der Waals surface area contributed by atoms with Crippen molar-refractivity contribution in [1.82, 2.24) is 0 Å². The van der Waals surface area contributed by atoms with E-state index in [9.17, 15) is 9.59 Å². The predicted octanol–water partition coefficient (Wildman–Crippen LogP) is 1.29. The number of hydrogen-bond donors (Lipinski definition) is 1. The van der Waals surface area contributed by atoms with Crippen molar-refractivity contribution in [1.29, 1.82) is 0 Å². The molecule has 0 bridgehead atoms. The molecule has 0 aromatic rings. The molecule has 2 unspecified atom stereocenters. The summed E-state index contributed by atoms with van der Waals surface area (Å²) < 4.78 is 5.09. The molecule has 0 radical (unpaired) electrons. The van der Waals surface area contributed by atoms with Crippen molar-refractivity contribution in [2.24, 2.45) is 0 Å². The topological polar surface area (TPSA) is 63.6 Å². The third-order valence-corrected chi connectivity index (χ3v) is 3.35. The number of aliphatic carboxylic acids is 1. The van der Waals surface area contributed by atoms with Crippen LogP contribution >= 0.6 is 11.8 Å². The maximum Gasteiger partial charge on any atom is 0.320 e. The highest BCUT2D eigenvalue weighted by atomic mass is 32.2. The van der Waals surface area contributed by atoms with Gasteiger partial charge in [0.15, 0.2) is 0 Å². The number of carboxylic acid groups (broad SMARTS) is 1. The van der Waals surface area contributed by atoms with Gasteiger partial charge in [0.05, 0.1) is 0 Å². The highest BCUT2D eigenvalue weighted by Crippen LogP contribution is 2.29. The molecule has 1 fully saturated rings. The molecule has 0 amide bonds. The minimum Gasteiger partial charge on any atom is -0.480 e. The van der Waals surface area contributed by atoms with Crippen LogP contribution in [0.3, 0.4) is 0 Å². The SMILES string of the molecule is CCCC(=O)OC1CCSC1C(=O)O. The molecule has 5 heteroatoms. The highest BCUT2D eigenvalue weighted by Gasteiger charge is 2.36. The fourth-order valence-corrected chi connectivity index (χ4v) is 2.52. The quantitative estimate of drug-likeness (QED) is 0.720. The number of carbonyl (C=O) groups is 2. The number of esters is 1. The Morgan fingerprint density at radius 3 is 2.86 bits per heavy atom. The van der Waals surface area contributed by atoms with Gasteiger partial charge in [-0.05, 0) is 18.6 Å². The summed E-state index contributed by atoms with van der Waals surface area (Å²) >= 11 is 1.34. The molecule has 1 rings (SSSR count). The minimum absolute atomic E-state index is 0.286. The average molecular weight is 218 g/mol. The molecule has 0 aromatic heterocycles. The van der Waals surface area contributed by atoms with Gasteiger partial charge in [-0.15, -0.1) is 11.8 Å². The molecule has 1 aliphatic rings. The van der Waals surface area contributed by atoms with E-state index in [2.05, 4.69) is 0 Å². The fraction of sp³-hybridized carbons (Fsp3) is 0.778. The van der Waals surface area contributed by atoms with Crippen LogP contribution in [0.2, 0.25) is 0 Å². The number of thioether (sulfide) groups is 1. The van der Waals surface area contributed by atoms with Crippen LogP contribution in [0.15, 0.2) is 0 Å². The van der Waals surface area contributed by atoms with Crippen molar-refractivity contribution >= 4 is 23.7 Å². The second kappa shape index (κ2) is 5.24. The molecule has 1 heterocycles. The first kappa shape index (κ1) is 11.4. The van der Waals surface area contributed by atoms with Crippen LogP contribution in [0.1, 0.15) is 26.2 Å². The monoisotopic (exact) mass is 218 g/mol. The third-order valence-electron chi connectivity index (χ3n) is 2.02. The van der Waals surface area contributed by atoms with Gasteiger partial charge < -0.3 is 9.84 Å². The summed E-state index contributed by atoms with van der Waals surface area (Å²) in [6.07, 6.45) is 1.32. The van der Waals surface area contributed by atoms with E-state index in [1.165, 1.54) is 11.8 Å². The van der Waals surface area contributed by atoms with E-state index in [1.54, 1.807) is 0 Å². The fourth-order valence-electron chi connectivity index (χ4n) is 1.35. The summed E-state index contributed by atoms with van der Waals surface area (Å²) in [4.78, 5) is 21.9. The number of hydrogen-bond acceptors (Lipinski definition) is 4. The summed E-state index contributed by atoms with van der Waals surface area (Å²) in [5, 5.41) is 8.24. The largest absolute Gasteiger partial charge is 0.480 e. The van der Waals surface area contributed by atoms with Crippen molar-refractivity contribution in [3.63, 3.8) is 0 Å². The van der Waals surface area contributed by atoms with Crippen LogP contribution in [0.5, 0.6) is 0 Å². The molecule has 2 atom stereocenters. The van der Waals surface area contributed by atoms with E-state index in [1.807, 2.05) is 6.92 Å². The van der Waals surface area contributed by atoms with Gasteiger partial charge in [-0.3, -0.25) is 9.59 Å². The van der Waals surface area contributed by atoms with Crippen molar-refractivity contribution in [2.75, 3.05) is 5.75 Å². The molecular weight excluding hydrogens is 204 g/mol. The molecular formula is C9H14O4S. The van der Waals surface area contributed by atoms with Gasteiger partial charge in [0.2, 0.25) is 0 Å². The van der Waals surface area contributed by atoms with Gasteiger partial charge in [0.1, 0.15) is 11.4 Å². The zero-order valence-electron chi connectivity index (χ0n) is 8.06. The van der Waals surface area contributed by atoms with Crippen LogP contribution < -0.4 is 0 Å². The Morgan fingerprint density at radius 2 is 2.29 bits per heavy atom. The third kappa shape index (κ3) is 2.90. The smallest absolute Gasteiger partial charge is 0.320 e. The average Bonchev–Trinajstić information content (AvgIpc) is 2.52. The van der Waals surface area contributed by atoms with Crippen molar-refractivity contribution < 1.29 is 19.4 Å². The summed E-state index contributed by atoms with van der Waals surface area (Å²) in [6.45, 7) is 1.89. The molecule has 1 aliphatic heterocycles. The zero-order valence-corrected chi connectivity index (χ0v) is 8.88. The summed E-state index contributed by atoms with van der Waals surface area (Å²) in [7, 11) is 0. The van der Waals surface area contributed by atoms with Crippen LogP contribution in [-0.4, -0.2) is 34.2 Å². The van der Waals surface area contributed by atoms with Crippen LogP contribution in [0.25, 0.3) is 0 Å². The highest BCUT2D eigenvalue weighted by molar-refractivity contribution is 8.00. The Balaban J connectivity index is 2.43. The van der Waals surface area contributed by atoms with E-state index in [4.69, 9.17) is 9.84 Å². The lowest BCUT2D eigenvalue weighted by Gasteiger charge is -2.15. The summed E-state index contributed by atoms with van der Waals surface area (Å²) in [6, 6.07) is 0. The van der Waals surface area contributed by atoms with Gasteiger partial charge in [0.25, 0.3) is 0 Å². The lowest BCUT2D eigenvalue weighted by molar-refractivity contribution is -0.151. The minimum atomic E-state index is -0.887. The molecule has 0 aliphatic carbocycles. The second-order valence-corrected chi connectivity index (χ2v) is 4.45. The van der Waals surface area contributed by atoms with E-state index < -0.39 is 17.3 Å². The van der Waals surface area contributed by atoms with E-state index in [-0.39, 0.29) is 5.97 Å². The van der Waals surface area contributed by atoms with Gasteiger partial charge in [-0.1, -0.05) is 6.92 Å². The van der Waals surface area contributed by atoms with E-state index >= 15 is 0 Å². The number of ether oxygens (including phenoxy) is 1. The molecule has 4 nitrogen and oxygen atoms in total. The number of rotatable bonds is 4. The van der Waals surface area contributed by atoms with Gasteiger partial charge in [-0.25, -0.2) is 0 Å². The molecule has 0 aromatic carbocycles. The normalized spacial score (nSPS) is 26.1. The molecule has 0 saturated carbocycles. The van der Waals surface area contributed by atoms with Gasteiger partial charge in [0, 0.05) is 6.42 Å². The predicted molar refractivity (Wildman–Crippen MR) is 53.3 cm³/mol. The van der Waals surface area contributed by atoms with Crippen LogP contribution in [-0.2, 0) is 14.3 Å². The summed E-state index contributed by atoms with van der Waals surface area (Å²) in [5.74, 6) is -0.422. The molecule has 14 heavy (non-hydrogen) atoms. The van der Waals surface area contributed by atoms with Crippen LogP contribution in [0, 0.1) is 0 Å². The standard InChI is InChI=1S/C9H14O4S/c1-2-3-7(10)13-6-4-5-14-8(6)9(11)12/h6,8H,2-5H2,1H3,(H,11,12). The number of carbonyl (C=O) groups excluding carboxylic acids is 1. The van der Waals surface area contributed by atoms with Crippen molar-refractivity contribution in [3.8, 4) is 0 Å². The first-order chi connectivity index (χ1) is 6.65. The van der Waals surface area contributed by atoms with Crippen LogP contribution in [0.4, 0.5) is 0 Å². The molecule has 1 N–H and O–H groups in total. The zero-order chi connectivity index (χ0) is 10.6. The maximum atomic E-state index is 11.1. The first-order valence-electron chi connectivity index (χ1n) is 4.69. The summed E-state index contributed by atoms with van der Waals surface area (Å²) in [5.41, 5.74) is 0. The Hall–Kier alpha value is -0.710. The molecule has 80 valence electrons. The van der Waals surface area contributed by atoms with Crippen molar-refractivity contribution in [3.05, 3.63) is 0 Å².